The highest BCUT2D eigenvalue weighted by Gasteiger charge is 2.26. The molecule has 8 nitrogen and oxygen atoms in total. The Labute approximate surface area is 208 Å². The number of primary amides is 1. The van der Waals surface area contributed by atoms with Gasteiger partial charge in [-0.25, -0.2) is 4.39 Å². The second-order valence-electron chi connectivity index (χ2n) is 8.02. The quantitative estimate of drug-likeness (QED) is 0.369. The van der Waals surface area contributed by atoms with Crippen molar-refractivity contribution >= 4 is 45.9 Å². The predicted molar refractivity (Wildman–Crippen MR) is 134 cm³/mol. The van der Waals surface area contributed by atoms with Crippen molar-refractivity contribution in [3.63, 3.8) is 0 Å². The van der Waals surface area contributed by atoms with Crippen LogP contribution < -0.4 is 26.7 Å². The van der Waals surface area contributed by atoms with E-state index in [-0.39, 0.29) is 40.5 Å². The minimum atomic E-state index is -0.876. The summed E-state index contributed by atoms with van der Waals surface area (Å²) in [4.78, 5) is 37.7. The molecule has 0 radical (unpaired) electrons. The van der Waals surface area contributed by atoms with Crippen molar-refractivity contribution in [2.45, 2.75) is 25.8 Å². The number of carbonyl (C=O) groups is 2. The van der Waals surface area contributed by atoms with Crippen LogP contribution in [0.2, 0.25) is 0 Å². The zero-order chi connectivity index (χ0) is 24.6. The standard InChI is InChI=1S/C24H22FIN4O4/c1-12-15(24(33)28-14-7-8-14)4-3-5-18(12)34-19-11-20(31)30(2)23(21(19)22(27)32)29-17-9-6-13(26)10-16(17)25/h3-6,9-11,14,29H,7-8H2,1-2H3,(H2,27,32)(H,28,33). The Balaban J connectivity index is 1.76. The van der Waals surface area contributed by atoms with Crippen LogP contribution in [0.15, 0.2) is 47.3 Å². The summed E-state index contributed by atoms with van der Waals surface area (Å²) in [5.74, 6) is -1.50. The molecule has 1 aliphatic carbocycles. The third-order valence-electron chi connectivity index (χ3n) is 5.50. The fourth-order valence-corrected chi connectivity index (χ4v) is 3.89. The van der Waals surface area contributed by atoms with Crippen LogP contribution in [0.1, 0.15) is 39.1 Å². The first-order chi connectivity index (χ1) is 16.2. The van der Waals surface area contributed by atoms with Gasteiger partial charge < -0.3 is 21.1 Å². The number of anilines is 2. The summed E-state index contributed by atoms with van der Waals surface area (Å²) in [5, 5.41) is 5.72. The van der Waals surface area contributed by atoms with Gasteiger partial charge in [-0.15, -0.1) is 0 Å². The molecular weight excluding hydrogens is 554 g/mol. The van der Waals surface area contributed by atoms with Gasteiger partial charge in [0.1, 0.15) is 28.7 Å². The first-order valence-corrected chi connectivity index (χ1v) is 11.6. The molecule has 1 aromatic heterocycles. The molecule has 1 aliphatic rings. The number of hydrogen-bond acceptors (Lipinski definition) is 5. The average Bonchev–Trinajstić information content (AvgIpc) is 3.58. The van der Waals surface area contributed by atoms with E-state index in [1.54, 1.807) is 31.2 Å². The summed E-state index contributed by atoms with van der Waals surface area (Å²) in [6.45, 7) is 1.71. The number of hydrogen-bond donors (Lipinski definition) is 3. The van der Waals surface area contributed by atoms with E-state index in [4.69, 9.17) is 10.5 Å². The topological polar surface area (TPSA) is 115 Å². The van der Waals surface area contributed by atoms with Crippen molar-refractivity contribution in [3.05, 3.63) is 78.9 Å². The van der Waals surface area contributed by atoms with Gasteiger partial charge in [-0.3, -0.25) is 19.0 Å². The highest BCUT2D eigenvalue weighted by molar-refractivity contribution is 14.1. The Kier molecular flexibility index (Phi) is 6.60. The van der Waals surface area contributed by atoms with Crippen molar-refractivity contribution in [2.24, 2.45) is 12.8 Å². The highest BCUT2D eigenvalue weighted by atomic mass is 127. The first kappa shape index (κ1) is 23.7. The number of pyridine rings is 1. The lowest BCUT2D eigenvalue weighted by Crippen LogP contribution is -2.26. The molecule has 4 N–H and O–H groups in total. The van der Waals surface area contributed by atoms with Crippen LogP contribution in [-0.4, -0.2) is 22.4 Å². The van der Waals surface area contributed by atoms with Crippen LogP contribution >= 0.6 is 22.6 Å². The molecule has 1 saturated carbocycles. The van der Waals surface area contributed by atoms with Gasteiger partial charge >= 0.3 is 0 Å². The van der Waals surface area contributed by atoms with E-state index in [9.17, 15) is 18.8 Å². The molecule has 176 valence electrons. The summed E-state index contributed by atoms with van der Waals surface area (Å²) < 4.78 is 22.3. The number of nitrogens with two attached hydrogens (primary N) is 1. The summed E-state index contributed by atoms with van der Waals surface area (Å²) in [6.07, 6.45) is 1.90. The van der Waals surface area contributed by atoms with Crippen LogP contribution in [0.4, 0.5) is 15.9 Å². The van der Waals surface area contributed by atoms with E-state index in [2.05, 4.69) is 10.6 Å². The van der Waals surface area contributed by atoms with Crippen molar-refractivity contribution in [3.8, 4) is 11.5 Å². The van der Waals surface area contributed by atoms with Crippen LogP contribution in [-0.2, 0) is 7.05 Å². The fraction of sp³-hybridized carbons (Fsp3) is 0.208. The molecular formula is C24H22FIN4O4. The number of benzene rings is 2. The minimum Gasteiger partial charge on any atom is -0.456 e. The maximum absolute atomic E-state index is 14.5. The van der Waals surface area contributed by atoms with E-state index in [1.165, 1.54) is 19.2 Å². The van der Waals surface area contributed by atoms with Crippen molar-refractivity contribution in [1.29, 1.82) is 0 Å². The lowest BCUT2D eigenvalue weighted by atomic mass is 10.1. The van der Waals surface area contributed by atoms with Crippen molar-refractivity contribution in [2.75, 3.05) is 5.32 Å². The predicted octanol–water partition coefficient (Wildman–Crippen LogP) is 3.96. The van der Waals surface area contributed by atoms with E-state index in [0.29, 0.717) is 14.7 Å². The van der Waals surface area contributed by atoms with Gasteiger partial charge in [-0.05, 0) is 72.7 Å². The summed E-state index contributed by atoms with van der Waals surface area (Å²) in [6, 6.07) is 10.7. The molecule has 0 saturated heterocycles. The van der Waals surface area contributed by atoms with Crippen LogP contribution in [0.3, 0.4) is 0 Å². The lowest BCUT2D eigenvalue weighted by Gasteiger charge is -2.19. The number of rotatable bonds is 7. The van der Waals surface area contributed by atoms with Gasteiger partial charge in [0.25, 0.3) is 17.4 Å². The molecule has 1 fully saturated rings. The van der Waals surface area contributed by atoms with Gasteiger partial charge in [0.05, 0.1) is 5.69 Å². The third-order valence-corrected chi connectivity index (χ3v) is 6.17. The lowest BCUT2D eigenvalue weighted by molar-refractivity contribution is 0.0948. The van der Waals surface area contributed by atoms with Gasteiger partial charge in [0.2, 0.25) is 0 Å². The molecule has 0 bridgehead atoms. The zero-order valence-electron chi connectivity index (χ0n) is 18.4. The summed E-state index contributed by atoms with van der Waals surface area (Å²) in [5.41, 5.74) is 6.03. The van der Waals surface area contributed by atoms with E-state index in [0.717, 1.165) is 23.5 Å². The van der Waals surface area contributed by atoms with Crippen LogP contribution in [0, 0.1) is 16.3 Å². The number of nitrogens with zero attached hydrogens (tertiary/aromatic N) is 1. The van der Waals surface area contributed by atoms with E-state index >= 15 is 0 Å². The molecule has 0 aliphatic heterocycles. The maximum Gasteiger partial charge on any atom is 0.256 e. The number of nitrogens with one attached hydrogen (secondary N) is 2. The number of amides is 2. The van der Waals surface area contributed by atoms with Gasteiger partial charge in [-0.1, -0.05) is 6.07 Å². The Bertz CT molecular complexity index is 1370. The van der Waals surface area contributed by atoms with Gasteiger partial charge in [0, 0.05) is 33.9 Å². The van der Waals surface area contributed by atoms with Gasteiger partial charge in [0.15, 0.2) is 0 Å². The molecule has 0 unspecified atom stereocenters. The third kappa shape index (κ3) is 4.91. The zero-order valence-corrected chi connectivity index (χ0v) is 20.6. The second-order valence-corrected chi connectivity index (χ2v) is 9.27. The average molecular weight is 576 g/mol. The Morgan fingerprint density at radius 3 is 2.56 bits per heavy atom. The second kappa shape index (κ2) is 9.45. The summed E-state index contributed by atoms with van der Waals surface area (Å²) >= 11 is 1.97. The van der Waals surface area contributed by atoms with E-state index in [1.807, 2.05) is 22.6 Å². The van der Waals surface area contributed by atoms with E-state index < -0.39 is 17.3 Å². The molecule has 3 aromatic rings. The number of halogens is 2. The minimum absolute atomic E-state index is 0.0182. The molecule has 4 rings (SSSR count). The largest absolute Gasteiger partial charge is 0.456 e. The highest BCUT2D eigenvalue weighted by Crippen LogP contribution is 2.33. The van der Waals surface area contributed by atoms with Crippen LogP contribution in [0.25, 0.3) is 0 Å². The molecule has 34 heavy (non-hydrogen) atoms. The molecule has 10 heteroatoms. The Morgan fingerprint density at radius 2 is 1.91 bits per heavy atom. The maximum atomic E-state index is 14.5. The van der Waals surface area contributed by atoms with Crippen molar-refractivity contribution in [1.82, 2.24) is 9.88 Å². The Morgan fingerprint density at radius 1 is 1.18 bits per heavy atom. The molecule has 2 amide bonds. The number of ether oxygens (including phenoxy) is 1. The number of aromatic nitrogens is 1. The number of carbonyl (C=O) groups excluding carboxylic acids is 2. The van der Waals surface area contributed by atoms with Crippen molar-refractivity contribution < 1.29 is 18.7 Å². The molecule has 0 atom stereocenters. The molecule has 2 aromatic carbocycles. The first-order valence-electron chi connectivity index (χ1n) is 10.5. The summed E-state index contributed by atoms with van der Waals surface area (Å²) in [7, 11) is 1.43. The fourth-order valence-electron chi connectivity index (χ4n) is 3.44. The smallest absolute Gasteiger partial charge is 0.256 e. The SMILES string of the molecule is Cc1c(Oc2cc(=O)n(C)c(Nc3ccc(I)cc3F)c2C(N)=O)cccc1C(=O)NC1CC1. The molecule has 1 heterocycles. The molecule has 0 spiro atoms. The Hall–Kier alpha value is -3.41. The normalized spacial score (nSPS) is 12.8. The van der Waals surface area contributed by atoms with Crippen LogP contribution in [0.5, 0.6) is 11.5 Å². The monoisotopic (exact) mass is 576 g/mol. The van der Waals surface area contributed by atoms with Gasteiger partial charge in [-0.2, -0.15) is 0 Å².